The van der Waals surface area contributed by atoms with Gasteiger partial charge < -0.3 is 10.6 Å². The third kappa shape index (κ3) is 2.05. The molecule has 1 heterocycles. The maximum absolute atomic E-state index is 12.5. The van der Waals surface area contributed by atoms with E-state index in [-0.39, 0.29) is 17.7 Å². The lowest BCUT2D eigenvalue weighted by Gasteiger charge is -2.31. The van der Waals surface area contributed by atoms with Crippen LogP contribution in [0.5, 0.6) is 0 Å². The summed E-state index contributed by atoms with van der Waals surface area (Å²) in [6.07, 6.45) is 3.25. The van der Waals surface area contributed by atoms with Gasteiger partial charge in [-0.15, -0.1) is 0 Å². The molecule has 3 rings (SSSR count). The summed E-state index contributed by atoms with van der Waals surface area (Å²) in [6.45, 7) is 6.52. The lowest BCUT2D eigenvalue weighted by Crippen LogP contribution is -2.39. The Hall–Kier alpha value is -1.06. The number of carbonyl (C=O) groups excluding carboxylic acids is 2. The number of hydrogen-bond acceptors (Lipinski definition) is 2. The molecular formula is C15H24N2O2. The molecule has 2 amide bonds. The van der Waals surface area contributed by atoms with E-state index in [1.807, 2.05) is 0 Å². The molecule has 2 atom stereocenters. The van der Waals surface area contributed by atoms with Crippen LogP contribution < -0.4 is 5.73 Å². The molecule has 4 heteroatoms. The molecular weight excluding hydrogens is 240 g/mol. The summed E-state index contributed by atoms with van der Waals surface area (Å²) in [5.74, 6) is 1.70. The van der Waals surface area contributed by atoms with Crippen molar-refractivity contribution in [3.63, 3.8) is 0 Å². The van der Waals surface area contributed by atoms with Gasteiger partial charge in [-0.25, -0.2) is 0 Å². The minimum Gasteiger partial charge on any atom is -0.369 e. The monoisotopic (exact) mass is 264 g/mol. The van der Waals surface area contributed by atoms with Gasteiger partial charge in [-0.3, -0.25) is 9.59 Å². The molecule has 0 aromatic carbocycles. The highest BCUT2D eigenvalue weighted by Crippen LogP contribution is 2.62. The van der Waals surface area contributed by atoms with Crippen LogP contribution in [0.1, 0.15) is 39.5 Å². The fraction of sp³-hybridized carbons (Fsp3) is 0.867. The molecule has 106 valence electrons. The fourth-order valence-electron chi connectivity index (χ4n) is 4.19. The van der Waals surface area contributed by atoms with Crippen LogP contribution in [0.3, 0.4) is 0 Å². The van der Waals surface area contributed by atoms with E-state index < -0.39 is 0 Å². The van der Waals surface area contributed by atoms with Crippen LogP contribution in [0, 0.1) is 29.1 Å². The van der Waals surface area contributed by atoms with E-state index in [1.54, 1.807) is 0 Å². The van der Waals surface area contributed by atoms with Crippen LogP contribution >= 0.6 is 0 Å². The number of carbonyl (C=O) groups is 2. The minimum atomic E-state index is -0.199. The van der Waals surface area contributed by atoms with Crippen molar-refractivity contribution in [2.75, 3.05) is 13.1 Å². The molecule has 0 aromatic heterocycles. The van der Waals surface area contributed by atoms with Gasteiger partial charge in [0, 0.05) is 24.9 Å². The van der Waals surface area contributed by atoms with Gasteiger partial charge in [-0.2, -0.15) is 0 Å². The number of nitrogens with zero attached hydrogens (tertiary/aromatic N) is 1. The molecule has 1 aliphatic heterocycles. The van der Waals surface area contributed by atoms with Gasteiger partial charge in [-0.05, 0) is 42.9 Å². The predicted octanol–water partition coefficient (Wildman–Crippen LogP) is 1.39. The molecule has 0 bridgehead atoms. The maximum Gasteiger partial charge on any atom is 0.225 e. The first-order valence-corrected chi connectivity index (χ1v) is 7.49. The van der Waals surface area contributed by atoms with E-state index in [0.29, 0.717) is 11.3 Å². The Labute approximate surface area is 114 Å². The van der Waals surface area contributed by atoms with Crippen LogP contribution in [0.4, 0.5) is 0 Å². The lowest BCUT2D eigenvalue weighted by atomic mass is 9.81. The Morgan fingerprint density at radius 3 is 1.95 bits per heavy atom. The Morgan fingerprint density at radius 1 is 1.00 bits per heavy atom. The van der Waals surface area contributed by atoms with Crippen LogP contribution in [0.15, 0.2) is 0 Å². The number of fused-ring (bicyclic) bond motifs is 1. The molecule has 2 unspecified atom stereocenters. The van der Waals surface area contributed by atoms with Gasteiger partial charge in [0.25, 0.3) is 0 Å². The van der Waals surface area contributed by atoms with Gasteiger partial charge in [0.05, 0.1) is 0 Å². The molecule has 3 aliphatic rings. The predicted molar refractivity (Wildman–Crippen MR) is 72.0 cm³/mol. The highest BCUT2D eigenvalue weighted by Gasteiger charge is 2.62. The van der Waals surface area contributed by atoms with Crippen LogP contribution in [0.25, 0.3) is 0 Å². The van der Waals surface area contributed by atoms with E-state index in [1.165, 1.54) is 0 Å². The summed E-state index contributed by atoms with van der Waals surface area (Å²) in [5, 5.41) is 0. The summed E-state index contributed by atoms with van der Waals surface area (Å²) in [7, 11) is 0. The topological polar surface area (TPSA) is 63.4 Å². The summed E-state index contributed by atoms with van der Waals surface area (Å²) in [6, 6.07) is 0. The van der Waals surface area contributed by atoms with Crippen molar-refractivity contribution < 1.29 is 9.59 Å². The summed E-state index contributed by atoms with van der Waals surface area (Å²) < 4.78 is 0. The smallest absolute Gasteiger partial charge is 0.225 e. The number of hydrogen-bond donors (Lipinski definition) is 1. The normalized spacial score (nSPS) is 39.8. The van der Waals surface area contributed by atoms with Crippen molar-refractivity contribution in [3.05, 3.63) is 0 Å². The van der Waals surface area contributed by atoms with E-state index in [4.69, 9.17) is 5.73 Å². The third-order valence-corrected chi connectivity index (χ3v) is 5.91. The SMILES string of the molecule is CC1(C)C2CN(C(=O)C3CCC(C(N)=O)CC3)CC21. The maximum atomic E-state index is 12.5. The van der Waals surface area contributed by atoms with Crippen molar-refractivity contribution in [3.8, 4) is 0 Å². The van der Waals surface area contributed by atoms with E-state index in [0.717, 1.165) is 50.6 Å². The first-order valence-electron chi connectivity index (χ1n) is 7.49. The zero-order chi connectivity index (χ0) is 13.8. The molecule has 4 nitrogen and oxygen atoms in total. The Balaban J connectivity index is 1.52. The molecule has 3 fully saturated rings. The van der Waals surface area contributed by atoms with Crippen molar-refractivity contribution in [1.29, 1.82) is 0 Å². The van der Waals surface area contributed by atoms with Crippen molar-refractivity contribution >= 4 is 11.8 Å². The standard InChI is InChI=1S/C15H24N2O2/c1-15(2)11-7-17(8-12(11)15)14(19)10-5-3-9(4-6-10)13(16)18/h9-12H,3-8H2,1-2H3,(H2,16,18). The Morgan fingerprint density at radius 2 is 1.47 bits per heavy atom. The van der Waals surface area contributed by atoms with Gasteiger partial charge in [0.15, 0.2) is 0 Å². The third-order valence-electron chi connectivity index (χ3n) is 5.91. The van der Waals surface area contributed by atoms with E-state index in [9.17, 15) is 9.59 Å². The zero-order valence-corrected chi connectivity index (χ0v) is 11.9. The highest BCUT2D eigenvalue weighted by atomic mass is 16.2. The van der Waals surface area contributed by atoms with Crippen molar-refractivity contribution in [2.45, 2.75) is 39.5 Å². The second kappa shape index (κ2) is 4.22. The zero-order valence-electron chi connectivity index (χ0n) is 11.9. The molecule has 2 aliphatic carbocycles. The minimum absolute atomic E-state index is 0.00466. The summed E-state index contributed by atoms with van der Waals surface area (Å²) in [4.78, 5) is 25.7. The number of piperidine rings is 1. The fourth-order valence-corrected chi connectivity index (χ4v) is 4.19. The molecule has 2 saturated carbocycles. The highest BCUT2D eigenvalue weighted by molar-refractivity contribution is 5.81. The quantitative estimate of drug-likeness (QED) is 0.819. The molecule has 0 spiro atoms. The molecule has 0 aromatic rings. The average Bonchev–Trinajstić information content (AvgIpc) is 2.79. The van der Waals surface area contributed by atoms with Gasteiger partial charge in [0.2, 0.25) is 11.8 Å². The first kappa shape index (κ1) is 12.9. The summed E-state index contributed by atoms with van der Waals surface area (Å²) >= 11 is 0. The molecule has 19 heavy (non-hydrogen) atoms. The van der Waals surface area contributed by atoms with Crippen molar-refractivity contribution in [2.24, 2.45) is 34.8 Å². The second-order valence-electron chi connectivity index (χ2n) is 7.23. The van der Waals surface area contributed by atoms with E-state index in [2.05, 4.69) is 18.7 Å². The number of likely N-dealkylation sites (tertiary alicyclic amines) is 1. The first-order chi connectivity index (χ1) is 8.91. The van der Waals surface area contributed by atoms with Crippen molar-refractivity contribution in [1.82, 2.24) is 4.90 Å². The molecule has 1 saturated heterocycles. The largest absolute Gasteiger partial charge is 0.369 e. The number of rotatable bonds is 2. The Kier molecular flexibility index (Phi) is 2.88. The average molecular weight is 264 g/mol. The van der Waals surface area contributed by atoms with Gasteiger partial charge in [-0.1, -0.05) is 13.8 Å². The Bertz CT molecular complexity index is 396. The lowest BCUT2D eigenvalue weighted by molar-refractivity contribution is -0.137. The molecule has 0 radical (unpaired) electrons. The molecule has 2 N–H and O–H groups in total. The van der Waals surface area contributed by atoms with Crippen LogP contribution in [-0.4, -0.2) is 29.8 Å². The number of primary amides is 1. The van der Waals surface area contributed by atoms with E-state index >= 15 is 0 Å². The van der Waals surface area contributed by atoms with Crippen LogP contribution in [-0.2, 0) is 9.59 Å². The van der Waals surface area contributed by atoms with Gasteiger partial charge in [0.1, 0.15) is 0 Å². The number of amides is 2. The van der Waals surface area contributed by atoms with Gasteiger partial charge >= 0.3 is 0 Å². The van der Waals surface area contributed by atoms with Crippen LogP contribution in [0.2, 0.25) is 0 Å². The summed E-state index contributed by atoms with van der Waals surface area (Å²) in [5.41, 5.74) is 5.79. The number of nitrogens with two attached hydrogens (primary N) is 1. The second-order valence-corrected chi connectivity index (χ2v) is 7.23.